The first-order chi connectivity index (χ1) is 24.3. The number of ether oxygens (including phenoxy) is 2. The molecule has 50 heavy (non-hydrogen) atoms. The van der Waals surface area contributed by atoms with Crippen LogP contribution in [0, 0.1) is 0 Å². The highest BCUT2D eigenvalue weighted by Gasteiger charge is 2.22. The number of esters is 2. The van der Waals surface area contributed by atoms with Gasteiger partial charge < -0.3 is 19.3 Å². The second-order valence-corrected chi connectivity index (χ2v) is 13.0. The zero-order chi connectivity index (χ0) is 36.8. The predicted molar refractivity (Wildman–Crippen MR) is 206 cm³/mol. The van der Waals surface area contributed by atoms with Gasteiger partial charge in [0.05, 0.1) is 6.61 Å². The topological polar surface area (TPSA) is 119 Å². The van der Waals surface area contributed by atoms with Crippen molar-refractivity contribution in [3.05, 3.63) is 97.2 Å². The lowest BCUT2D eigenvalue weighted by Crippen LogP contribution is -2.29. The Morgan fingerprint density at radius 1 is 0.520 bits per heavy atom. The van der Waals surface area contributed by atoms with Crippen LogP contribution >= 0.6 is 7.82 Å². The number of carbonyl (C=O) groups excluding carboxylic acids is 2. The number of hydrogen-bond acceptors (Lipinski definition) is 6. The summed E-state index contributed by atoms with van der Waals surface area (Å²) in [5, 5.41) is 0. The van der Waals surface area contributed by atoms with E-state index in [-0.39, 0.29) is 19.4 Å². The smallest absolute Gasteiger partial charge is 0.462 e. The van der Waals surface area contributed by atoms with Gasteiger partial charge in [-0.2, -0.15) is 0 Å². The average molecular weight is 717 g/mol. The Morgan fingerprint density at radius 3 is 1.36 bits per heavy atom. The predicted octanol–water partition coefficient (Wildman–Crippen LogP) is 11.1. The first-order valence-corrected chi connectivity index (χ1v) is 20.1. The van der Waals surface area contributed by atoms with Crippen LogP contribution in [-0.4, -0.2) is 41.0 Å². The van der Waals surface area contributed by atoms with Gasteiger partial charge in [0.15, 0.2) is 6.10 Å². The molecule has 282 valence electrons. The van der Waals surface area contributed by atoms with Crippen LogP contribution < -0.4 is 0 Å². The highest BCUT2D eigenvalue weighted by molar-refractivity contribution is 7.46. The third kappa shape index (κ3) is 37.8. The normalized spacial score (nSPS) is 13.6. The third-order valence-electron chi connectivity index (χ3n) is 7.10. The Morgan fingerprint density at radius 2 is 0.900 bits per heavy atom. The Bertz CT molecular complexity index is 1120. The minimum atomic E-state index is -4.77. The van der Waals surface area contributed by atoms with Crippen LogP contribution in [0.15, 0.2) is 97.2 Å². The molecule has 1 atom stereocenters. The summed E-state index contributed by atoms with van der Waals surface area (Å²) in [5.41, 5.74) is 0. The fourth-order valence-electron chi connectivity index (χ4n) is 4.41. The van der Waals surface area contributed by atoms with Crippen molar-refractivity contribution >= 4 is 19.8 Å². The molecule has 0 heterocycles. The molecular weight excluding hydrogens is 651 g/mol. The van der Waals surface area contributed by atoms with Gasteiger partial charge in [-0.15, -0.1) is 0 Å². The monoisotopic (exact) mass is 716 g/mol. The summed E-state index contributed by atoms with van der Waals surface area (Å²) in [5.74, 6) is -0.974. The van der Waals surface area contributed by atoms with Crippen molar-refractivity contribution in [3.8, 4) is 0 Å². The van der Waals surface area contributed by atoms with Crippen LogP contribution in [0.25, 0.3) is 0 Å². The lowest BCUT2D eigenvalue weighted by molar-refractivity contribution is -0.161. The Labute approximate surface area is 303 Å². The van der Waals surface area contributed by atoms with Crippen LogP contribution in [-0.2, 0) is 28.2 Å². The SMILES string of the molecule is CC/C=C\C/C=C\C/C=C\C/C=C\CCCCCCC(=O)OC(COC(=O)CCCC/C=C\C/C=C\C/C=C\C/C=C\CC)COP(=O)(O)O. The van der Waals surface area contributed by atoms with Gasteiger partial charge in [-0.05, 0) is 89.9 Å². The quantitative estimate of drug-likeness (QED) is 0.0305. The van der Waals surface area contributed by atoms with E-state index in [1.807, 2.05) is 0 Å². The lowest BCUT2D eigenvalue weighted by Gasteiger charge is -2.18. The maximum absolute atomic E-state index is 12.4. The number of rotatable bonds is 32. The van der Waals surface area contributed by atoms with Crippen molar-refractivity contribution in [1.82, 2.24) is 0 Å². The van der Waals surface area contributed by atoms with Crippen LogP contribution in [0.5, 0.6) is 0 Å². The minimum absolute atomic E-state index is 0.168. The number of hydrogen-bond donors (Lipinski definition) is 2. The van der Waals surface area contributed by atoms with E-state index in [9.17, 15) is 14.2 Å². The Kier molecular flexibility index (Phi) is 33.6. The van der Waals surface area contributed by atoms with E-state index in [0.29, 0.717) is 12.8 Å². The van der Waals surface area contributed by atoms with E-state index in [0.717, 1.165) is 89.9 Å². The summed E-state index contributed by atoms with van der Waals surface area (Å²) in [6, 6.07) is 0. The molecule has 2 N–H and O–H groups in total. The highest BCUT2D eigenvalue weighted by Crippen LogP contribution is 2.35. The molecule has 0 aliphatic carbocycles. The summed E-state index contributed by atoms with van der Waals surface area (Å²) in [6.07, 6.45) is 48.4. The molecule has 8 nitrogen and oxygen atoms in total. The number of unbranched alkanes of at least 4 members (excludes halogenated alkanes) is 6. The molecule has 0 aliphatic rings. The Hall–Kier alpha value is -3.03. The van der Waals surface area contributed by atoms with Crippen LogP contribution in [0.2, 0.25) is 0 Å². The lowest BCUT2D eigenvalue weighted by atomic mass is 10.1. The summed E-state index contributed by atoms with van der Waals surface area (Å²) in [6.45, 7) is 3.37. The highest BCUT2D eigenvalue weighted by atomic mass is 31.2. The number of phosphoric ester groups is 1. The van der Waals surface area contributed by atoms with E-state index >= 15 is 0 Å². The first-order valence-electron chi connectivity index (χ1n) is 18.5. The molecule has 0 rings (SSSR count). The largest absolute Gasteiger partial charge is 0.469 e. The molecule has 9 heteroatoms. The minimum Gasteiger partial charge on any atom is -0.462 e. The zero-order valence-electron chi connectivity index (χ0n) is 30.7. The molecule has 0 spiro atoms. The van der Waals surface area contributed by atoms with E-state index in [1.165, 1.54) is 0 Å². The maximum Gasteiger partial charge on any atom is 0.469 e. The van der Waals surface area contributed by atoms with Crippen molar-refractivity contribution in [2.24, 2.45) is 0 Å². The van der Waals surface area contributed by atoms with Gasteiger partial charge >= 0.3 is 19.8 Å². The first kappa shape index (κ1) is 47.0. The maximum atomic E-state index is 12.4. The molecule has 0 amide bonds. The van der Waals surface area contributed by atoms with Gasteiger partial charge in [0.2, 0.25) is 0 Å². The molecule has 0 aliphatic heterocycles. The molecule has 0 radical (unpaired) electrons. The summed E-state index contributed by atoms with van der Waals surface area (Å²) >= 11 is 0. The molecule has 0 aromatic rings. The standard InChI is InChI=1S/C41H65O8P/c1-3-5-7-9-11-13-15-17-19-20-22-24-26-28-30-32-34-36-41(43)49-39(38-48-50(44,45)46)37-47-40(42)35-33-31-29-27-25-23-21-18-16-14-12-10-8-6-4-2/h5-8,11-14,17-19,21-22,24-25,27,39H,3-4,9-10,15-16,20,23,26,28-38H2,1-2H3,(H2,44,45,46)/b7-5-,8-6-,13-11-,14-12-,19-17-,21-18-,24-22-,27-25-. The third-order valence-corrected chi connectivity index (χ3v) is 7.58. The summed E-state index contributed by atoms with van der Waals surface area (Å²) in [7, 11) is -4.77. The van der Waals surface area contributed by atoms with Gasteiger partial charge in [0.1, 0.15) is 6.61 Å². The molecule has 1 unspecified atom stereocenters. The molecule has 0 aromatic carbocycles. The van der Waals surface area contributed by atoms with Crippen LogP contribution in [0.1, 0.15) is 129 Å². The van der Waals surface area contributed by atoms with Gasteiger partial charge in [-0.25, -0.2) is 4.57 Å². The van der Waals surface area contributed by atoms with Crippen molar-refractivity contribution in [3.63, 3.8) is 0 Å². The molecular formula is C41H65O8P. The van der Waals surface area contributed by atoms with Crippen molar-refractivity contribution in [2.75, 3.05) is 13.2 Å². The second-order valence-electron chi connectivity index (χ2n) is 11.8. The van der Waals surface area contributed by atoms with Crippen LogP contribution in [0.4, 0.5) is 0 Å². The van der Waals surface area contributed by atoms with Gasteiger partial charge in [-0.3, -0.25) is 14.1 Å². The number of carbonyl (C=O) groups is 2. The Balaban J connectivity index is 4.13. The van der Waals surface area contributed by atoms with Gasteiger partial charge in [-0.1, -0.05) is 124 Å². The van der Waals surface area contributed by atoms with Crippen LogP contribution in [0.3, 0.4) is 0 Å². The summed E-state index contributed by atoms with van der Waals surface area (Å²) < 4.78 is 26.2. The van der Waals surface area contributed by atoms with E-state index in [2.05, 4.69) is 116 Å². The summed E-state index contributed by atoms with van der Waals surface area (Å²) in [4.78, 5) is 42.7. The molecule has 0 saturated carbocycles. The van der Waals surface area contributed by atoms with Gasteiger partial charge in [0.25, 0.3) is 0 Å². The van der Waals surface area contributed by atoms with E-state index in [1.54, 1.807) is 0 Å². The molecule has 0 aromatic heterocycles. The van der Waals surface area contributed by atoms with Gasteiger partial charge in [0, 0.05) is 12.8 Å². The average Bonchev–Trinajstić information content (AvgIpc) is 3.08. The van der Waals surface area contributed by atoms with Crippen molar-refractivity contribution in [1.29, 1.82) is 0 Å². The zero-order valence-corrected chi connectivity index (χ0v) is 31.6. The van der Waals surface area contributed by atoms with Crippen molar-refractivity contribution < 1.29 is 37.9 Å². The van der Waals surface area contributed by atoms with E-state index in [4.69, 9.17) is 19.3 Å². The number of allylic oxidation sites excluding steroid dienone is 16. The van der Waals surface area contributed by atoms with Crippen molar-refractivity contribution in [2.45, 2.75) is 136 Å². The fourth-order valence-corrected chi connectivity index (χ4v) is 4.77. The second kappa shape index (κ2) is 35.8. The fraction of sp³-hybridized carbons (Fsp3) is 0.561. The molecule has 0 fully saturated rings. The molecule has 0 bridgehead atoms. The number of phosphoric acid groups is 1. The molecule has 0 saturated heterocycles. The van der Waals surface area contributed by atoms with E-state index < -0.39 is 32.5 Å².